The lowest BCUT2D eigenvalue weighted by atomic mass is 10.1. The van der Waals surface area contributed by atoms with Gasteiger partial charge < -0.3 is 10.1 Å². The van der Waals surface area contributed by atoms with E-state index >= 15 is 0 Å². The summed E-state index contributed by atoms with van der Waals surface area (Å²) in [7, 11) is 1.94. The quantitative estimate of drug-likeness (QED) is 0.794. The first-order valence-corrected chi connectivity index (χ1v) is 5.48. The molecule has 0 aromatic carbocycles. The number of hydrogen-bond acceptors (Lipinski definition) is 4. The Morgan fingerprint density at radius 3 is 2.93 bits per heavy atom. The molecule has 1 aromatic rings. The van der Waals surface area contributed by atoms with Gasteiger partial charge in [0.1, 0.15) is 0 Å². The summed E-state index contributed by atoms with van der Waals surface area (Å²) in [4.78, 5) is 8.65. The van der Waals surface area contributed by atoms with Crippen LogP contribution in [0.3, 0.4) is 0 Å². The molecular formula is C11H17N3O. The zero-order chi connectivity index (χ0) is 10.7. The lowest BCUT2D eigenvalue weighted by Crippen LogP contribution is -2.10. The van der Waals surface area contributed by atoms with Crippen molar-refractivity contribution in [2.45, 2.75) is 32.2 Å². The van der Waals surface area contributed by atoms with Gasteiger partial charge in [0, 0.05) is 24.2 Å². The van der Waals surface area contributed by atoms with E-state index in [4.69, 9.17) is 4.74 Å². The fraction of sp³-hybridized carbons (Fsp3) is 0.636. The van der Waals surface area contributed by atoms with Gasteiger partial charge in [0.2, 0.25) is 0 Å². The van der Waals surface area contributed by atoms with Crippen molar-refractivity contribution in [2.24, 2.45) is 0 Å². The molecule has 1 aliphatic carbocycles. The molecule has 15 heavy (non-hydrogen) atoms. The number of rotatable bonds is 5. The van der Waals surface area contributed by atoms with Crippen LogP contribution in [0.25, 0.3) is 0 Å². The summed E-state index contributed by atoms with van der Waals surface area (Å²) in [6.45, 7) is 3.40. The highest BCUT2D eigenvalue weighted by Crippen LogP contribution is 2.40. The second-order valence-corrected chi connectivity index (χ2v) is 3.80. The highest BCUT2D eigenvalue weighted by Gasteiger charge is 2.28. The largest absolute Gasteiger partial charge is 0.464 e. The Balaban J connectivity index is 2.22. The third-order valence-corrected chi connectivity index (χ3v) is 2.48. The van der Waals surface area contributed by atoms with Crippen LogP contribution in [-0.2, 0) is 6.54 Å². The Hall–Kier alpha value is -1.16. The minimum atomic E-state index is 0.513. The molecule has 1 fully saturated rings. The van der Waals surface area contributed by atoms with Crippen LogP contribution in [0.2, 0.25) is 0 Å². The minimum Gasteiger partial charge on any atom is -0.464 e. The maximum absolute atomic E-state index is 5.31. The van der Waals surface area contributed by atoms with Crippen LogP contribution >= 0.6 is 0 Å². The summed E-state index contributed by atoms with van der Waals surface area (Å²) in [5.41, 5.74) is 2.37. The van der Waals surface area contributed by atoms with Crippen molar-refractivity contribution in [3.8, 4) is 6.01 Å². The van der Waals surface area contributed by atoms with Crippen LogP contribution in [0.15, 0.2) is 6.20 Å². The predicted molar refractivity (Wildman–Crippen MR) is 57.9 cm³/mol. The molecule has 0 spiro atoms. The van der Waals surface area contributed by atoms with Crippen molar-refractivity contribution in [1.82, 2.24) is 15.3 Å². The molecular weight excluding hydrogens is 190 g/mol. The van der Waals surface area contributed by atoms with Crippen molar-refractivity contribution in [3.63, 3.8) is 0 Å². The Morgan fingerprint density at radius 1 is 1.53 bits per heavy atom. The first kappa shape index (κ1) is 10.4. The fourth-order valence-electron chi connectivity index (χ4n) is 1.64. The maximum Gasteiger partial charge on any atom is 0.316 e. The van der Waals surface area contributed by atoms with Crippen LogP contribution in [0.1, 0.15) is 36.9 Å². The molecule has 0 unspecified atom stereocenters. The smallest absolute Gasteiger partial charge is 0.316 e. The Kier molecular flexibility index (Phi) is 3.16. The number of aromatic nitrogens is 2. The molecule has 1 N–H and O–H groups in total. The van der Waals surface area contributed by atoms with E-state index in [1.165, 1.54) is 24.1 Å². The monoisotopic (exact) mass is 207 g/mol. The van der Waals surface area contributed by atoms with Crippen LogP contribution in [0.4, 0.5) is 0 Å². The third-order valence-electron chi connectivity index (χ3n) is 2.48. The molecule has 0 bridgehead atoms. The van der Waals surface area contributed by atoms with Crippen LogP contribution < -0.4 is 10.1 Å². The fourth-order valence-corrected chi connectivity index (χ4v) is 1.64. The summed E-state index contributed by atoms with van der Waals surface area (Å²) < 4.78 is 5.31. The molecule has 82 valence electrons. The van der Waals surface area contributed by atoms with Crippen LogP contribution in [0, 0.1) is 0 Å². The average molecular weight is 207 g/mol. The topological polar surface area (TPSA) is 47.0 Å². The molecule has 1 saturated carbocycles. The van der Waals surface area contributed by atoms with E-state index in [1.807, 2.05) is 20.2 Å². The normalized spacial score (nSPS) is 15.3. The average Bonchev–Trinajstić information content (AvgIpc) is 3.04. The van der Waals surface area contributed by atoms with Crippen molar-refractivity contribution >= 4 is 0 Å². The molecule has 1 aliphatic rings. The minimum absolute atomic E-state index is 0.513. The van der Waals surface area contributed by atoms with Crippen molar-refractivity contribution in [2.75, 3.05) is 13.7 Å². The SMILES string of the molecule is CCOc1ncc(CNC)c(C2CC2)n1. The third kappa shape index (κ3) is 2.45. The highest BCUT2D eigenvalue weighted by atomic mass is 16.5. The van der Waals surface area contributed by atoms with Gasteiger partial charge in [-0.05, 0) is 26.8 Å². The molecule has 2 rings (SSSR count). The summed E-state index contributed by atoms with van der Waals surface area (Å²) in [5.74, 6) is 0.635. The van der Waals surface area contributed by atoms with E-state index in [1.54, 1.807) is 0 Å². The van der Waals surface area contributed by atoms with E-state index in [2.05, 4.69) is 15.3 Å². The summed E-state index contributed by atoms with van der Waals surface area (Å²) in [6, 6.07) is 0.513. The molecule has 0 radical (unpaired) electrons. The first-order chi connectivity index (χ1) is 7.35. The van der Waals surface area contributed by atoms with Gasteiger partial charge in [-0.3, -0.25) is 0 Å². The van der Waals surface area contributed by atoms with E-state index < -0.39 is 0 Å². The van der Waals surface area contributed by atoms with Gasteiger partial charge in [-0.2, -0.15) is 4.98 Å². The van der Waals surface area contributed by atoms with Gasteiger partial charge >= 0.3 is 6.01 Å². The van der Waals surface area contributed by atoms with Gasteiger partial charge in [0.05, 0.1) is 12.3 Å². The van der Waals surface area contributed by atoms with E-state index in [-0.39, 0.29) is 0 Å². The second kappa shape index (κ2) is 4.57. The van der Waals surface area contributed by atoms with Crippen molar-refractivity contribution < 1.29 is 4.74 Å². The standard InChI is InChI=1S/C11H17N3O/c1-3-15-11-13-7-9(6-12-2)10(14-11)8-4-5-8/h7-8,12H,3-6H2,1-2H3. The number of hydrogen-bond donors (Lipinski definition) is 1. The molecule has 1 heterocycles. The maximum atomic E-state index is 5.31. The molecule has 0 saturated heterocycles. The number of nitrogens with zero attached hydrogens (tertiary/aromatic N) is 2. The summed E-state index contributed by atoms with van der Waals surface area (Å²) in [5, 5.41) is 3.14. The van der Waals surface area contributed by atoms with Crippen molar-refractivity contribution in [3.05, 3.63) is 17.5 Å². The summed E-state index contributed by atoms with van der Waals surface area (Å²) >= 11 is 0. The van der Waals surface area contributed by atoms with Gasteiger partial charge in [0.15, 0.2) is 0 Å². The van der Waals surface area contributed by atoms with E-state index in [0.717, 1.165) is 6.54 Å². The van der Waals surface area contributed by atoms with Crippen LogP contribution in [-0.4, -0.2) is 23.6 Å². The molecule has 1 aromatic heterocycles. The highest BCUT2D eigenvalue weighted by molar-refractivity contribution is 5.26. The van der Waals surface area contributed by atoms with E-state index in [0.29, 0.717) is 18.5 Å². The zero-order valence-corrected chi connectivity index (χ0v) is 9.29. The number of nitrogens with one attached hydrogen (secondary N) is 1. The lowest BCUT2D eigenvalue weighted by molar-refractivity contribution is 0.310. The Morgan fingerprint density at radius 2 is 2.33 bits per heavy atom. The van der Waals surface area contributed by atoms with E-state index in [9.17, 15) is 0 Å². The molecule has 0 aliphatic heterocycles. The second-order valence-electron chi connectivity index (χ2n) is 3.80. The first-order valence-electron chi connectivity index (χ1n) is 5.48. The Bertz CT molecular complexity index is 337. The predicted octanol–water partition coefficient (Wildman–Crippen LogP) is 1.47. The molecule has 0 atom stereocenters. The number of ether oxygens (including phenoxy) is 1. The van der Waals surface area contributed by atoms with Crippen LogP contribution in [0.5, 0.6) is 6.01 Å². The van der Waals surface area contributed by atoms with Gasteiger partial charge in [-0.15, -0.1) is 0 Å². The molecule has 4 nitrogen and oxygen atoms in total. The van der Waals surface area contributed by atoms with Gasteiger partial charge in [-0.1, -0.05) is 0 Å². The van der Waals surface area contributed by atoms with Crippen molar-refractivity contribution in [1.29, 1.82) is 0 Å². The molecule has 4 heteroatoms. The Labute approximate surface area is 90.1 Å². The lowest BCUT2D eigenvalue weighted by Gasteiger charge is -2.08. The summed E-state index contributed by atoms with van der Waals surface area (Å²) in [6.07, 6.45) is 4.38. The van der Waals surface area contributed by atoms with Gasteiger partial charge in [0.25, 0.3) is 0 Å². The molecule has 0 amide bonds. The van der Waals surface area contributed by atoms with Gasteiger partial charge in [-0.25, -0.2) is 4.98 Å². The zero-order valence-electron chi connectivity index (χ0n) is 9.29.